The first-order valence-electron chi connectivity index (χ1n) is 8.48. The molecule has 0 saturated carbocycles. The number of fused-ring (bicyclic) bond motifs is 1. The van der Waals surface area contributed by atoms with Crippen molar-refractivity contribution in [3.8, 4) is 5.75 Å². The van der Waals surface area contributed by atoms with Gasteiger partial charge in [0, 0.05) is 6.54 Å². The van der Waals surface area contributed by atoms with Gasteiger partial charge in [-0.1, -0.05) is 24.3 Å². The number of rotatable bonds is 7. The van der Waals surface area contributed by atoms with Gasteiger partial charge in [0.05, 0.1) is 17.6 Å². The van der Waals surface area contributed by atoms with Crippen LogP contribution in [0.25, 0.3) is 11.0 Å². The molecule has 0 unspecified atom stereocenters. The van der Waals surface area contributed by atoms with E-state index in [0.717, 1.165) is 42.0 Å². The number of aliphatic hydroxyl groups excluding tert-OH is 1. The summed E-state index contributed by atoms with van der Waals surface area (Å²) < 4.78 is 7.91. The highest BCUT2D eigenvalue weighted by Crippen LogP contribution is 2.21. The molecule has 0 saturated heterocycles. The van der Waals surface area contributed by atoms with E-state index in [-0.39, 0.29) is 0 Å². The Kier molecular flexibility index (Phi) is 5.16. The quantitative estimate of drug-likeness (QED) is 0.661. The van der Waals surface area contributed by atoms with E-state index in [2.05, 4.69) is 34.7 Å². The van der Waals surface area contributed by atoms with Crippen molar-refractivity contribution in [2.24, 2.45) is 0 Å². The average Bonchev–Trinajstić information content (AvgIpc) is 2.94. The van der Waals surface area contributed by atoms with E-state index < -0.39 is 6.10 Å². The van der Waals surface area contributed by atoms with Crippen LogP contribution in [0.15, 0.2) is 48.5 Å². The third-order valence-corrected chi connectivity index (χ3v) is 4.09. The van der Waals surface area contributed by atoms with Gasteiger partial charge in [-0.2, -0.15) is 0 Å². The van der Waals surface area contributed by atoms with Gasteiger partial charge in [-0.3, -0.25) is 0 Å². The summed E-state index contributed by atoms with van der Waals surface area (Å²) in [4.78, 5) is 4.55. The number of aryl methyl sites for hydroxylation is 2. The first kappa shape index (κ1) is 16.5. The van der Waals surface area contributed by atoms with E-state index in [1.807, 2.05) is 30.3 Å². The monoisotopic (exact) mass is 324 g/mol. The van der Waals surface area contributed by atoms with Crippen LogP contribution in [0.5, 0.6) is 5.75 Å². The van der Waals surface area contributed by atoms with Gasteiger partial charge < -0.3 is 14.4 Å². The largest absolute Gasteiger partial charge is 0.494 e. The Morgan fingerprint density at radius 2 is 1.96 bits per heavy atom. The van der Waals surface area contributed by atoms with Crippen LogP contribution in [-0.2, 0) is 6.54 Å². The molecule has 1 atom stereocenters. The van der Waals surface area contributed by atoms with E-state index in [1.54, 1.807) is 6.92 Å². The lowest BCUT2D eigenvalue weighted by Gasteiger charge is -2.11. The van der Waals surface area contributed by atoms with Crippen molar-refractivity contribution in [2.75, 3.05) is 6.61 Å². The minimum atomic E-state index is -0.569. The molecule has 0 amide bonds. The number of ether oxygens (including phenoxy) is 1. The molecule has 0 fully saturated rings. The Morgan fingerprint density at radius 1 is 1.12 bits per heavy atom. The maximum atomic E-state index is 9.97. The molecule has 3 rings (SSSR count). The Balaban J connectivity index is 1.58. The fraction of sp³-hybridized carbons (Fsp3) is 0.350. The van der Waals surface area contributed by atoms with Crippen molar-refractivity contribution in [3.63, 3.8) is 0 Å². The highest BCUT2D eigenvalue weighted by Gasteiger charge is 2.13. The third kappa shape index (κ3) is 3.77. The molecule has 1 heterocycles. The van der Waals surface area contributed by atoms with Gasteiger partial charge in [-0.15, -0.1) is 0 Å². The number of benzene rings is 2. The Labute approximate surface area is 142 Å². The molecule has 126 valence electrons. The van der Waals surface area contributed by atoms with Crippen molar-refractivity contribution >= 4 is 11.0 Å². The summed E-state index contributed by atoms with van der Waals surface area (Å²) in [6.45, 7) is 5.35. The Bertz CT molecular complexity index is 808. The SMILES string of the molecule is Cc1cccc(OCCCCn2c([C@H](C)O)nc3ccccc32)c1. The van der Waals surface area contributed by atoms with Crippen molar-refractivity contribution in [2.45, 2.75) is 39.3 Å². The highest BCUT2D eigenvalue weighted by molar-refractivity contribution is 5.75. The second-order valence-corrected chi connectivity index (χ2v) is 6.16. The normalized spacial score (nSPS) is 12.5. The lowest BCUT2D eigenvalue weighted by molar-refractivity contribution is 0.184. The van der Waals surface area contributed by atoms with E-state index in [9.17, 15) is 5.11 Å². The molecule has 24 heavy (non-hydrogen) atoms. The maximum Gasteiger partial charge on any atom is 0.138 e. The predicted molar refractivity (Wildman–Crippen MR) is 96.3 cm³/mol. The average molecular weight is 324 g/mol. The summed E-state index contributed by atoms with van der Waals surface area (Å²) in [6, 6.07) is 16.1. The van der Waals surface area contributed by atoms with E-state index in [1.165, 1.54) is 5.56 Å². The lowest BCUT2D eigenvalue weighted by atomic mass is 10.2. The number of imidazole rings is 1. The number of aliphatic hydroxyl groups is 1. The molecule has 1 aromatic heterocycles. The number of hydrogen-bond acceptors (Lipinski definition) is 3. The van der Waals surface area contributed by atoms with Gasteiger partial charge in [0.2, 0.25) is 0 Å². The van der Waals surface area contributed by atoms with Gasteiger partial charge in [-0.25, -0.2) is 4.98 Å². The number of aromatic nitrogens is 2. The summed E-state index contributed by atoms with van der Waals surface area (Å²) in [5, 5.41) is 9.97. The molecule has 0 radical (unpaired) electrons. The molecular formula is C20H24N2O2. The van der Waals surface area contributed by atoms with Crippen LogP contribution in [0.3, 0.4) is 0 Å². The third-order valence-electron chi connectivity index (χ3n) is 4.09. The van der Waals surface area contributed by atoms with Crippen LogP contribution < -0.4 is 4.74 Å². The zero-order valence-corrected chi connectivity index (χ0v) is 14.3. The predicted octanol–water partition coefficient (Wildman–Crippen LogP) is 4.26. The molecule has 3 aromatic rings. The summed E-state index contributed by atoms with van der Waals surface area (Å²) in [7, 11) is 0. The van der Waals surface area contributed by atoms with Crippen molar-refractivity contribution in [3.05, 3.63) is 59.9 Å². The van der Waals surface area contributed by atoms with Crippen LogP contribution >= 0.6 is 0 Å². The molecule has 0 aliphatic carbocycles. The highest BCUT2D eigenvalue weighted by atomic mass is 16.5. The topological polar surface area (TPSA) is 47.3 Å². The van der Waals surface area contributed by atoms with Gasteiger partial charge >= 0.3 is 0 Å². The zero-order valence-electron chi connectivity index (χ0n) is 14.3. The van der Waals surface area contributed by atoms with Crippen molar-refractivity contribution < 1.29 is 9.84 Å². The smallest absolute Gasteiger partial charge is 0.138 e. The molecule has 4 heteroatoms. The minimum Gasteiger partial charge on any atom is -0.494 e. The summed E-state index contributed by atoms with van der Waals surface area (Å²) in [6.07, 6.45) is 1.37. The lowest BCUT2D eigenvalue weighted by Crippen LogP contribution is -2.08. The van der Waals surface area contributed by atoms with Gasteiger partial charge in [-0.05, 0) is 56.5 Å². The minimum absolute atomic E-state index is 0.569. The van der Waals surface area contributed by atoms with Crippen LogP contribution in [0.2, 0.25) is 0 Å². The first-order chi connectivity index (χ1) is 11.6. The van der Waals surface area contributed by atoms with E-state index in [0.29, 0.717) is 6.61 Å². The molecule has 0 aliphatic rings. The summed E-state index contributed by atoms with van der Waals surface area (Å²) in [5.74, 6) is 1.66. The van der Waals surface area contributed by atoms with Gasteiger partial charge in [0.1, 0.15) is 17.7 Å². The Morgan fingerprint density at radius 3 is 2.75 bits per heavy atom. The zero-order chi connectivity index (χ0) is 16.9. The standard InChI is InChI=1S/C20H24N2O2/c1-15-8-7-9-17(14-15)24-13-6-5-12-22-19-11-4-3-10-18(19)21-20(22)16(2)23/h3-4,7-11,14,16,23H,5-6,12-13H2,1-2H3/t16-/m0/s1. The Hall–Kier alpha value is -2.33. The van der Waals surface area contributed by atoms with Crippen LogP contribution in [0.1, 0.15) is 37.3 Å². The molecular weight excluding hydrogens is 300 g/mol. The molecule has 1 N–H and O–H groups in total. The van der Waals surface area contributed by atoms with Gasteiger partial charge in [0.15, 0.2) is 0 Å². The van der Waals surface area contributed by atoms with Crippen LogP contribution in [0.4, 0.5) is 0 Å². The van der Waals surface area contributed by atoms with E-state index >= 15 is 0 Å². The fourth-order valence-corrected chi connectivity index (χ4v) is 2.92. The number of para-hydroxylation sites is 2. The van der Waals surface area contributed by atoms with Gasteiger partial charge in [0.25, 0.3) is 0 Å². The number of hydrogen-bond donors (Lipinski definition) is 1. The second-order valence-electron chi connectivity index (χ2n) is 6.16. The summed E-state index contributed by atoms with van der Waals surface area (Å²) >= 11 is 0. The van der Waals surface area contributed by atoms with Crippen LogP contribution in [0, 0.1) is 6.92 Å². The number of nitrogens with zero attached hydrogens (tertiary/aromatic N) is 2. The molecule has 2 aromatic carbocycles. The van der Waals surface area contributed by atoms with Crippen molar-refractivity contribution in [1.29, 1.82) is 0 Å². The van der Waals surface area contributed by atoms with Crippen LogP contribution in [-0.4, -0.2) is 21.3 Å². The van der Waals surface area contributed by atoms with E-state index in [4.69, 9.17) is 4.74 Å². The maximum absolute atomic E-state index is 9.97. The molecule has 0 bridgehead atoms. The van der Waals surface area contributed by atoms with Crippen molar-refractivity contribution in [1.82, 2.24) is 9.55 Å². The molecule has 0 aliphatic heterocycles. The first-order valence-corrected chi connectivity index (χ1v) is 8.48. The number of unbranched alkanes of at least 4 members (excludes halogenated alkanes) is 1. The fourth-order valence-electron chi connectivity index (χ4n) is 2.92. The molecule has 4 nitrogen and oxygen atoms in total. The summed E-state index contributed by atoms with van der Waals surface area (Å²) in [5.41, 5.74) is 3.22. The second kappa shape index (κ2) is 7.49. The molecule has 0 spiro atoms.